The molecule has 1 N–H and O–H groups in total. The number of hydrogen-bond donors (Lipinski definition) is 1. The highest BCUT2D eigenvalue weighted by molar-refractivity contribution is 7.90. The topological polar surface area (TPSA) is 93.3 Å². The summed E-state index contributed by atoms with van der Waals surface area (Å²) in [4.78, 5) is 26.9. The molecule has 116 valence electrons. The second-order valence-corrected chi connectivity index (χ2v) is 6.59. The van der Waals surface area contributed by atoms with Gasteiger partial charge in [0.1, 0.15) is 5.03 Å². The fourth-order valence-electron chi connectivity index (χ4n) is 1.94. The molecule has 0 aliphatic carbocycles. The van der Waals surface area contributed by atoms with Crippen LogP contribution in [-0.4, -0.2) is 38.0 Å². The first-order chi connectivity index (χ1) is 10.3. The van der Waals surface area contributed by atoms with E-state index in [9.17, 15) is 18.0 Å². The molecule has 0 saturated carbocycles. The average molecular weight is 321 g/mol. The smallest absolute Gasteiger partial charge is 0.338 e. The van der Waals surface area contributed by atoms with Gasteiger partial charge in [0.25, 0.3) is 0 Å². The second kappa shape index (κ2) is 6.15. The van der Waals surface area contributed by atoms with Crippen molar-refractivity contribution in [2.45, 2.75) is 11.9 Å². The van der Waals surface area contributed by atoms with Crippen molar-refractivity contribution in [3.63, 3.8) is 0 Å². The number of aromatic nitrogens is 1. The van der Waals surface area contributed by atoms with Crippen LogP contribution in [0.1, 0.15) is 33.3 Å². The highest BCUT2D eigenvalue weighted by atomic mass is 32.2. The van der Waals surface area contributed by atoms with Crippen LogP contribution in [0.5, 0.6) is 0 Å². The summed E-state index contributed by atoms with van der Waals surface area (Å²) in [5.41, 5.74) is 0.393. The Morgan fingerprint density at radius 3 is 2.27 bits per heavy atom. The first kappa shape index (κ1) is 16.0. The largest absolute Gasteiger partial charge is 0.462 e. The zero-order chi connectivity index (χ0) is 16.3. The lowest BCUT2D eigenvalue weighted by Gasteiger charge is -2.07. The van der Waals surface area contributed by atoms with Gasteiger partial charge in [-0.2, -0.15) is 0 Å². The maximum Gasteiger partial charge on any atom is 0.338 e. The number of aromatic amines is 1. The SMILES string of the molecule is CCOC(=O)c1ccccc1C(=O)c1ccc(S(C)(=O)=O)[nH]1. The Morgan fingerprint density at radius 2 is 1.73 bits per heavy atom. The van der Waals surface area contributed by atoms with Gasteiger partial charge in [-0.05, 0) is 25.1 Å². The number of benzene rings is 1. The van der Waals surface area contributed by atoms with Crippen LogP contribution in [-0.2, 0) is 14.6 Å². The van der Waals surface area contributed by atoms with Crippen molar-refractivity contribution in [2.75, 3.05) is 12.9 Å². The fraction of sp³-hybridized carbons (Fsp3) is 0.200. The van der Waals surface area contributed by atoms with E-state index in [-0.39, 0.29) is 28.5 Å². The van der Waals surface area contributed by atoms with E-state index in [2.05, 4.69) is 4.98 Å². The molecule has 0 radical (unpaired) electrons. The first-order valence-electron chi connectivity index (χ1n) is 6.54. The van der Waals surface area contributed by atoms with Gasteiger partial charge in [0, 0.05) is 11.8 Å². The minimum atomic E-state index is -3.43. The molecule has 0 bridgehead atoms. The predicted molar refractivity (Wildman–Crippen MR) is 79.7 cm³/mol. The predicted octanol–water partition coefficient (Wildman–Crippen LogP) is 1.83. The molecule has 2 aromatic rings. The number of carbonyl (C=O) groups is 2. The lowest BCUT2D eigenvalue weighted by molar-refractivity contribution is 0.0523. The summed E-state index contributed by atoms with van der Waals surface area (Å²) in [5, 5.41) is -0.0514. The van der Waals surface area contributed by atoms with Crippen molar-refractivity contribution >= 4 is 21.6 Å². The fourth-order valence-corrected chi connectivity index (χ4v) is 2.55. The Kier molecular flexibility index (Phi) is 4.46. The van der Waals surface area contributed by atoms with Gasteiger partial charge in [0.05, 0.1) is 17.9 Å². The molecule has 0 aliphatic heterocycles. The molecule has 22 heavy (non-hydrogen) atoms. The van der Waals surface area contributed by atoms with Crippen molar-refractivity contribution < 1.29 is 22.7 Å². The molecule has 1 heterocycles. The summed E-state index contributed by atoms with van der Waals surface area (Å²) >= 11 is 0. The molecule has 6 nitrogen and oxygen atoms in total. The molecule has 0 fully saturated rings. The maximum atomic E-state index is 12.5. The Labute approximate surface area is 128 Å². The Hall–Kier alpha value is -2.41. The van der Waals surface area contributed by atoms with Crippen LogP contribution in [0.4, 0.5) is 0 Å². The van der Waals surface area contributed by atoms with E-state index in [1.807, 2.05) is 0 Å². The van der Waals surface area contributed by atoms with Crippen molar-refractivity contribution in [3.05, 3.63) is 53.2 Å². The third kappa shape index (κ3) is 3.25. The minimum absolute atomic E-state index is 0.0514. The van der Waals surface area contributed by atoms with Gasteiger partial charge >= 0.3 is 5.97 Å². The monoisotopic (exact) mass is 321 g/mol. The highest BCUT2D eigenvalue weighted by Gasteiger charge is 2.21. The normalized spacial score (nSPS) is 11.2. The molecule has 0 spiro atoms. The van der Waals surface area contributed by atoms with Crippen LogP contribution >= 0.6 is 0 Å². The summed E-state index contributed by atoms with van der Waals surface area (Å²) in [7, 11) is -3.43. The number of rotatable bonds is 5. The molecule has 7 heteroatoms. The average Bonchev–Trinajstić information content (AvgIpc) is 2.96. The van der Waals surface area contributed by atoms with Crippen molar-refractivity contribution in [3.8, 4) is 0 Å². The summed E-state index contributed by atoms with van der Waals surface area (Å²) in [6.45, 7) is 1.87. The Balaban J connectivity index is 2.42. The van der Waals surface area contributed by atoms with Crippen LogP contribution in [0, 0.1) is 0 Å². The number of ketones is 1. The third-order valence-electron chi connectivity index (χ3n) is 2.97. The Morgan fingerprint density at radius 1 is 1.09 bits per heavy atom. The number of sulfone groups is 1. The van der Waals surface area contributed by atoms with Gasteiger partial charge in [0.2, 0.25) is 5.78 Å². The van der Waals surface area contributed by atoms with Crippen molar-refractivity contribution in [2.24, 2.45) is 0 Å². The van der Waals surface area contributed by atoms with E-state index in [0.29, 0.717) is 0 Å². The number of hydrogen-bond acceptors (Lipinski definition) is 5. The van der Waals surface area contributed by atoms with Crippen molar-refractivity contribution in [1.29, 1.82) is 0 Å². The van der Waals surface area contributed by atoms with Gasteiger partial charge in [-0.1, -0.05) is 18.2 Å². The van der Waals surface area contributed by atoms with Gasteiger partial charge in [-0.25, -0.2) is 13.2 Å². The van der Waals surface area contributed by atoms with Gasteiger partial charge < -0.3 is 9.72 Å². The Bertz CT molecular complexity index is 820. The molecule has 0 amide bonds. The number of carbonyl (C=O) groups excluding carboxylic acids is 2. The number of esters is 1. The third-order valence-corrected chi connectivity index (χ3v) is 4.01. The minimum Gasteiger partial charge on any atom is -0.462 e. The van der Waals surface area contributed by atoms with Gasteiger partial charge in [-0.15, -0.1) is 0 Å². The molecule has 2 rings (SSSR count). The van der Waals surface area contributed by atoms with E-state index in [1.54, 1.807) is 19.1 Å². The standard InChI is InChI=1S/C15H15NO5S/c1-3-21-15(18)11-7-5-4-6-10(11)14(17)12-8-9-13(16-12)22(2,19)20/h4-9,16H,3H2,1-2H3. The van der Waals surface area contributed by atoms with E-state index in [4.69, 9.17) is 4.74 Å². The van der Waals surface area contributed by atoms with E-state index in [1.165, 1.54) is 24.3 Å². The molecule has 0 aliphatic rings. The van der Waals surface area contributed by atoms with Gasteiger partial charge in [-0.3, -0.25) is 4.79 Å². The van der Waals surface area contributed by atoms with Crippen LogP contribution in [0.3, 0.4) is 0 Å². The number of nitrogens with one attached hydrogen (secondary N) is 1. The highest BCUT2D eigenvalue weighted by Crippen LogP contribution is 2.17. The summed E-state index contributed by atoms with van der Waals surface area (Å²) in [5.74, 6) is -1.07. The second-order valence-electron chi connectivity index (χ2n) is 4.60. The van der Waals surface area contributed by atoms with Crippen LogP contribution in [0.25, 0.3) is 0 Å². The van der Waals surface area contributed by atoms with Gasteiger partial charge in [0.15, 0.2) is 9.84 Å². The summed E-state index contributed by atoms with van der Waals surface area (Å²) in [6, 6.07) is 8.92. The zero-order valence-electron chi connectivity index (χ0n) is 12.1. The van der Waals surface area contributed by atoms with E-state index < -0.39 is 21.6 Å². The zero-order valence-corrected chi connectivity index (χ0v) is 12.9. The van der Waals surface area contributed by atoms with E-state index in [0.717, 1.165) is 6.26 Å². The molecular weight excluding hydrogens is 306 g/mol. The molecule has 0 atom stereocenters. The maximum absolute atomic E-state index is 12.5. The molecule has 0 saturated heterocycles. The lowest BCUT2D eigenvalue weighted by atomic mass is 10.0. The number of ether oxygens (including phenoxy) is 1. The quantitative estimate of drug-likeness (QED) is 0.670. The molecule has 0 unspecified atom stereocenters. The summed E-state index contributed by atoms with van der Waals surface area (Å²) < 4.78 is 27.8. The van der Waals surface area contributed by atoms with Crippen molar-refractivity contribution in [1.82, 2.24) is 4.98 Å². The van der Waals surface area contributed by atoms with Crippen LogP contribution in [0.2, 0.25) is 0 Å². The van der Waals surface area contributed by atoms with E-state index >= 15 is 0 Å². The molecule has 1 aromatic carbocycles. The molecule has 1 aromatic heterocycles. The molecular formula is C15H15NO5S. The first-order valence-corrected chi connectivity index (χ1v) is 8.43. The summed E-state index contributed by atoms with van der Waals surface area (Å²) in [6.07, 6.45) is 1.04. The number of H-pyrrole nitrogens is 1. The van der Waals surface area contributed by atoms with Crippen LogP contribution in [0.15, 0.2) is 41.4 Å². The lowest BCUT2D eigenvalue weighted by Crippen LogP contribution is -2.13. The van der Waals surface area contributed by atoms with Crippen LogP contribution < -0.4 is 0 Å².